The second kappa shape index (κ2) is 4.64. The van der Waals surface area contributed by atoms with Crippen molar-refractivity contribution in [1.82, 2.24) is 9.97 Å². The van der Waals surface area contributed by atoms with Crippen molar-refractivity contribution in [1.29, 1.82) is 5.26 Å². The van der Waals surface area contributed by atoms with E-state index >= 15 is 0 Å². The van der Waals surface area contributed by atoms with Crippen LogP contribution in [0.4, 0.5) is 5.69 Å². The molecule has 2 rings (SSSR count). The highest BCUT2D eigenvalue weighted by Crippen LogP contribution is 2.29. The molecule has 0 unspecified atom stereocenters. The van der Waals surface area contributed by atoms with Gasteiger partial charge in [0, 0.05) is 23.0 Å². The summed E-state index contributed by atoms with van der Waals surface area (Å²) in [5, 5.41) is 9.72. The summed E-state index contributed by atoms with van der Waals surface area (Å²) in [6, 6.07) is 7.34. The first-order valence-corrected chi connectivity index (χ1v) is 5.35. The minimum Gasteiger partial charge on any atom is -0.399 e. The second-order valence-corrected chi connectivity index (χ2v) is 4.08. The molecule has 2 N–H and O–H groups in total. The number of hydrogen-bond acceptors (Lipinski definition) is 5. The van der Waals surface area contributed by atoms with Gasteiger partial charge >= 0.3 is 0 Å². The number of rotatable bonds is 2. The predicted molar refractivity (Wildman–Crippen MR) is 61.7 cm³/mol. The Morgan fingerprint density at radius 1 is 1.31 bits per heavy atom. The smallest absolute Gasteiger partial charge is 0.119 e. The molecule has 4 nitrogen and oxygen atoms in total. The number of benzene rings is 1. The lowest BCUT2D eigenvalue weighted by Crippen LogP contribution is -1.88. The van der Waals surface area contributed by atoms with E-state index in [1.165, 1.54) is 11.8 Å². The number of nitrogens with two attached hydrogens (primary N) is 1. The molecule has 0 radical (unpaired) electrons. The van der Waals surface area contributed by atoms with Crippen molar-refractivity contribution in [2.24, 2.45) is 0 Å². The van der Waals surface area contributed by atoms with Crippen molar-refractivity contribution in [2.75, 3.05) is 5.73 Å². The molecule has 0 aliphatic heterocycles. The molecule has 0 bridgehead atoms. The number of nitrogens with zero attached hydrogens (tertiary/aromatic N) is 3. The third-order valence-electron chi connectivity index (χ3n) is 1.88. The molecule has 78 valence electrons. The first-order valence-electron chi connectivity index (χ1n) is 4.53. The van der Waals surface area contributed by atoms with Crippen LogP contribution in [0.2, 0.25) is 0 Å². The molecule has 2 aromatic rings. The summed E-state index contributed by atoms with van der Waals surface area (Å²) in [4.78, 5) is 8.93. The highest BCUT2D eigenvalue weighted by Gasteiger charge is 2.05. The third-order valence-corrected chi connectivity index (χ3v) is 2.87. The van der Waals surface area contributed by atoms with Gasteiger partial charge in [0.05, 0.1) is 11.8 Å². The van der Waals surface area contributed by atoms with Gasteiger partial charge in [-0.1, -0.05) is 11.8 Å². The van der Waals surface area contributed by atoms with Crippen LogP contribution in [0, 0.1) is 11.3 Å². The molecule has 16 heavy (non-hydrogen) atoms. The van der Waals surface area contributed by atoms with Crippen LogP contribution in [0.25, 0.3) is 0 Å². The van der Waals surface area contributed by atoms with Gasteiger partial charge in [-0.05, 0) is 18.2 Å². The van der Waals surface area contributed by atoms with Crippen molar-refractivity contribution in [2.45, 2.75) is 9.92 Å². The molecule has 0 aliphatic rings. The summed E-state index contributed by atoms with van der Waals surface area (Å²) in [5.41, 5.74) is 6.74. The molecule has 1 aromatic carbocycles. The minimum absolute atomic E-state index is 0.552. The first kappa shape index (κ1) is 10.5. The van der Waals surface area contributed by atoms with Crippen LogP contribution >= 0.6 is 11.8 Å². The Labute approximate surface area is 97.1 Å². The quantitative estimate of drug-likeness (QED) is 0.796. The Balaban J connectivity index is 2.32. The van der Waals surface area contributed by atoms with E-state index < -0.39 is 0 Å². The Kier molecular flexibility index (Phi) is 3.03. The Bertz CT molecular complexity index is 533. The van der Waals surface area contributed by atoms with Gasteiger partial charge in [0.1, 0.15) is 11.1 Å². The fourth-order valence-corrected chi connectivity index (χ4v) is 1.98. The zero-order valence-electron chi connectivity index (χ0n) is 8.29. The van der Waals surface area contributed by atoms with Crippen LogP contribution in [0.5, 0.6) is 0 Å². The monoisotopic (exact) mass is 228 g/mol. The molecular weight excluding hydrogens is 220 g/mol. The van der Waals surface area contributed by atoms with Crippen LogP contribution in [-0.2, 0) is 0 Å². The van der Waals surface area contributed by atoms with Gasteiger partial charge in [-0.2, -0.15) is 5.26 Å². The zero-order valence-corrected chi connectivity index (χ0v) is 9.11. The van der Waals surface area contributed by atoms with Crippen molar-refractivity contribution in [3.8, 4) is 6.07 Å². The van der Waals surface area contributed by atoms with E-state index in [9.17, 15) is 0 Å². The lowest BCUT2D eigenvalue weighted by molar-refractivity contribution is 1.05. The molecule has 5 heteroatoms. The van der Waals surface area contributed by atoms with Gasteiger partial charge in [0.25, 0.3) is 0 Å². The van der Waals surface area contributed by atoms with Crippen LogP contribution in [0.15, 0.2) is 46.7 Å². The van der Waals surface area contributed by atoms with Crippen molar-refractivity contribution < 1.29 is 0 Å². The molecule has 0 saturated carbocycles. The van der Waals surface area contributed by atoms with Gasteiger partial charge in [-0.3, -0.25) is 4.98 Å². The molecule has 0 atom stereocenters. The van der Waals surface area contributed by atoms with Gasteiger partial charge in [-0.25, -0.2) is 4.98 Å². The second-order valence-electron chi connectivity index (χ2n) is 3.01. The number of nitriles is 1. The van der Waals surface area contributed by atoms with Crippen molar-refractivity contribution in [3.05, 3.63) is 42.4 Å². The molecule has 1 aromatic heterocycles. The lowest BCUT2D eigenvalue weighted by atomic mass is 10.2. The largest absolute Gasteiger partial charge is 0.399 e. The molecule has 0 spiro atoms. The van der Waals surface area contributed by atoms with E-state index in [-0.39, 0.29) is 0 Å². The summed E-state index contributed by atoms with van der Waals surface area (Å²) in [6.45, 7) is 0. The van der Waals surface area contributed by atoms with E-state index in [1.54, 1.807) is 30.7 Å². The van der Waals surface area contributed by atoms with Crippen molar-refractivity contribution in [3.63, 3.8) is 0 Å². The Morgan fingerprint density at radius 3 is 2.88 bits per heavy atom. The van der Waals surface area contributed by atoms with Crippen LogP contribution < -0.4 is 5.73 Å². The summed E-state index contributed by atoms with van der Waals surface area (Å²) in [6.07, 6.45) is 4.88. The molecule has 0 fully saturated rings. The van der Waals surface area contributed by atoms with Gasteiger partial charge in [0.15, 0.2) is 0 Å². The van der Waals surface area contributed by atoms with E-state index in [0.717, 1.165) is 9.92 Å². The zero-order chi connectivity index (χ0) is 11.4. The fraction of sp³-hybridized carbons (Fsp3) is 0. The van der Waals surface area contributed by atoms with E-state index in [2.05, 4.69) is 16.0 Å². The van der Waals surface area contributed by atoms with Crippen LogP contribution in [-0.4, -0.2) is 9.97 Å². The van der Waals surface area contributed by atoms with Crippen LogP contribution in [0.3, 0.4) is 0 Å². The fourth-order valence-electron chi connectivity index (χ4n) is 1.17. The summed E-state index contributed by atoms with van der Waals surface area (Å²) in [5.74, 6) is 0. The van der Waals surface area contributed by atoms with Gasteiger partial charge in [0.2, 0.25) is 0 Å². The molecular formula is C11H8N4S. The topological polar surface area (TPSA) is 75.6 Å². The number of anilines is 1. The molecule has 0 amide bonds. The normalized spacial score (nSPS) is 9.69. The number of aromatic nitrogens is 2. The summed E-state index contributed by atoms with van der Waals surface area (Å²) >= 11 is 1.40. The maximum Gasteiger partial charge on any atom is 0.119 e. The molecule has 0 aliphatic carbocycles. The summed E-state index contributed by atoms with van der Waals surface area (Å²) < 4.78 is 0. The highest BCUT2D eigenvalue weighted by atomic mass is 32.2. The Hall–Kier alpha value is -2.06. The lowest BCUT2D eigenvalue weighted by Gasteiger charge is -2.03. The maximum atomic E-state index is 8.97. The predicted octanol–water partition coefficient (Wildman–Crippen LogP) is 2.08. The number of hydrogen-bond donors (Lipinski definition) is 1. The average Bonchev–Trinajstić information content (AvgIpc) is 2.33. The SMILES string of the molecule is N#Cc1cc(N)ccc1Sc1cnccn1. The van der Waals surface area contributed by atoms with Gasteiger partial charge in [-0.15, -0.1) is 0 Å². The van der Waals surface area contributed by atoms with E-state index in [4.69, 9.17) is 11.0 Å². The summed E-state index contributed by atoms with van der Waals surface area (Å²) in [7, 11) is 0. The standard InChI is InChI=1S/C11H8N4S/c12-6-8-5-9(13)1-2-10(8)16-11-7-14-3-4-15-11/h1-5,7H,13H2. The Morgan fingerprint density at radius 2 is 2.19 bits per heavy atom. The number of nitrogen functional groups attached to an aromatic ring is 1. The van der Waals surface area contributed by atoms with E-state index in [1.807, 2.05) is 6.07 Å². The highest BCUT2D eigenvalue weighted by molar-refractivity contribution is 7.99. The maximum absolute atomic E-state index is 8.97. The van der Waals surface area contributed by atoms with Crippen LogP contribution in [0.1, 0.15) is 5.56 Å². The van der Waals surface area contributed by atoms with Gasteiger partial charge < -0.3 is 5.73 Å². The minimum atomic E-state index is 0.552. The first-order chi connectivity index (χ1) is 7.79. The van der Waals surface area contributed by atoms with Crippen molar-refractivity contribution >= 4 is 17.4 Å². The average molecular weight is 228 g/mol. The molecule has 0 saturated heterocycles. The van der Waals surface area contributed by atoms with E-state index in [0.29, 0.717) is 11.3 Å². The third kappa shape index (κ3) is 2.30. The molecule has 1 heterocycles.